The van der Waals surface area contributed by atoms with Gasteiger partial charge in [0, 0.05) is 21.5 Å². The third-order valence-electron chi connectivity index (χ3n) is 4.17. The van der Waals surface area contributed by atoms with Crippen LogP contribution in [0.5, 0.6) is 0 Å². The minimum absolute atomic E-state index is 0.259. The van der Waals surface area contributed by atoms with Crippen molar-refractivity contribution in [3.63, 3.8) is 0 Å². The normalized spacial score (nSPS) is 10.9. The molecule has 0 aliphatic heterocycles. The Labute approximate surface area is 182 Å². The molecule has 0 bridgehead atoms. The lowest BCUT2D eigenvalue weighted by atomic mass is 10.0. The SMILES string of the molecule is CCOC(=O)c1c(-c2ccc(Br)cc2)csc1NC(=O)/C=C/c1ccc(C)cc1. The van der Waals surface area contributed by atoms with Gasteiger partial charge < -0.3 is 10.1 Å². The minimum Gasteiger partial charge on any atom is -0.462 e. The van der Waals surface area contributed by atoms with Gasteiger partial charge in [-0.3, -0.25) is 4.79 Å². The Morgan fingerprint density at radius 3 is 2.45 bits per heavy atom. The van der Waals surface area contributed by atoms with Crippen molar-refractivity contribution in [2.24, 2.45) is 0 Å². The Morgan fingerprint density at radius 2 is 1.79 bits per heavy atom. The highest BCUT2D eigenvalue weighted by atomic mass is 79.9. The van der Waals surface area contributed by atoms with Crippen LogP contribution in [0.2, 0.25) is 0 Å². The van der Waals surface area contributed by atoms with Gasteiger partial charge in [0.25, 0.3) is 0 Å². The molecule has 1 aromatic heterocycles. The van der Waals surface area contributed by atoms with Crippen LogP contribution in [0.1, 0.15) is 28.4 Å². The average molecular weight is 470 g/mol. The Morgan fingerprint density at radius 1 is 1.10 bits per heavy atom. The first kappa shape index (κ1) is 21.0. The molecule has 3 aromatic rings. The molecule has 148 valence electrons. The van der Waals surface area contributed by atoms with Crippen LogP contribution in [-0.2, 0) is 9.53 Å². The summed E-state index contributed by atoms with van der Waals surface area (Å²) in [5.74, 6) is -0.759. The van der Waals surface area contributed by atoms with Crippen molar-refractivity contribution in [1.82, 2.24) is 0 Å². The summed E-state index contributed by atoms with van der Waals surface area (Å²) in [6.07, 6.45) is 3.20. The lowest BCUT2D eigenvalue weighted by Gasteiger charge is -2.08. The number of hydrogen-bond acceptors (Lipinski definition) is 4. The molecule has 0 fully saturated rings. The molecule has 0 saturated carbocycles. The molecule has 1 amide bonds. The zero-order chi connectivity index (χ0) is 20.8. The predicted octanol–water partition coefficient (Wildman–Crippen LogP) is 6.31. The first-order valence-corrected chi connectivity index (χ1v) is 10.8. The van der Waals surface area contributed by atoms with E-state index in [0.717, 1.165) is 26.7 Å². The maximum absolute atomic E-state index is 12.6. The zero-order valence-electron chi connectivity index (χ0n) is 16.1. The van der Waals surface area contributed by atoms with Gasteiger partial charge in [-0.1, -0.05) is 57.9 Å². The molecule has 0 unspecified atom stereocenters. The second kappa shape index (κ2) is 9.67. The first-order valence-electron chi connectivity index (χ1n) is 9.08. The van der Waals surface area contributed by atoms with E-state index in [9.17, 15) is 9.59 Å². The van der Waals surface area contributed by atoms with Crippen molar-refractivity contribution < 1.29 is 14.3 Å². The van der Waals surface area contributed by atoms with Gasteiger partial charge in [-0.05, 0) is 43.2 Å². The van der Waals surface area contributed by atoms with Crippen LogP contribution in [0.25, 0.3) is 17.2 Å². The summed E-state index contributed by atoms with van der Waals surface area (Å²) in [5.41, 5.74) is 4.07. The highest BCUT2D eigenvalue weighted by Gasteiger charge is 2.22. The van der Waals surface area contributed by atoms with E-state index in [1.165, 1.54) is 17.4 Å². The van der Waals surface area contributed by atoms with E-state index in [1.54, 1.807) is 13.0 Å². The average Bonchev–Trinajstić information content (AvgIpc) is 3.12. The van der Waals surface area contributed by atoms with Gasteiger partial charge in [-0.25, -0.2) is 4.79 Å². The fourth-order valence-electron chi connectivity index (χ4n) is 2.70. The van der Waals surface area contributed by atoms with E-state index < -0.39 is 5.97 Å². The Balaban J connectivity index is 1.86. The minimum atomic E-state index is -0.454. The molecule has 0 spiro atoms. The number of aryl methyl sites for hydroxylation is 1. The smallest absolute Gasteiger partial charge is 0.341 e. The molecule has 1 N–H and O–H groups in total. The molecule has 6 heteroatoms. The van der Waals surface area contributed by atoms with Crippen LogP contribution in [0.4, 0.5) is 5.00 Å². The number of ether oxygens (including phenoxy) is 1. The summed E-state index contributed by atoms with van der Waals surface area (Å²) in [7, 11) is 0. The van der Waals surface area contributed by atoms with E-state index in [2.05, 4.69) is 21.2 Å². The number of carbonyl (C=O) groups excluding carboxylic acids is 2. The lowest BCUT2D eigenvalue weighted by molar-refractivity contribution is -0.111. The lowest BCUT2D eigenvalue weighted by Crippen LogP contribution is -2.12. The van der Waals surface area contributed by atoms with Crippen LogP contribution in [0.15, 0.2) is 64.5 Å². The summed E-state index contributed by atoms with van der Waals surface area (Å²) in [6, 6.07) is 15.5. The first-order chi connectivity index (χ1) is 14.0. The molecule has 1 heterocycles. The maximum atomic E-state index is 12.6. The van der Waals surface area contributed by atoms with Gasteiger partial charge in [0.1, 0.15) is 10.6 Å². The second-order valence-electron chi connectivity index (χ2n) is 6.31. The standard InChI is InChI=1S/C23H20BrNO3S/c1-3-28-23(27)21-19(17-9-11-18(24)12-10-17)14-29-22(21)25-20(26)13-8-16-6-4-15(2)5-7-16/h4-14H,3H2,1-2H3,(H,25,26)/b13-8+. The van der Waals surface area contributed by atoms with Crippen molar-refractivity contribution in [2.45, 2.75) is 13.8 Å². The van der Waals surface area contributed by atoms with E-state index in [1.807, 2.05) is 60.8 Å². The molecule has 0 aliphatic rings. The highest BCUT2D eigenvalue weighted by Crippen LogP contribution is 2.36. The number of carbonyl (C=O) groups is 2. The van der Waals surface area contributed by atoms with E-state index in [4.69, 9.17) is 4.74 Å². The molecule has 0 radical (unpaired) electrons. The van der Waals surface area contributed by atoms with E-state index in [0.29, 0.717) is 10.6 Å². The number of benzene rings is 2. The number of halogens is 1. The predicted molar refractivity (Wildman–Crippen MR) is 122 cm³/mol. The van der Waals surface area contributed by atoms with Crippen LogP contribution in [0.3, 0.4) is 0 Å². The largest absolute Gasteiger partial charge is 0.462 e. The van der Waals surface area contributed by atoms with Crippen molar-refractivity contribution >= 4 is 50.2 Å². The van der Waals surface area contributed by atoms with Crippen LogP contribution >= 0.6 is 27.3 Å². The fourth-order valence-corrected chi connectivity index (χ4v) is 3.93. The maximum Gasteiger partial charge on any atom is 0.341 e. The van der Waals surface area contributed by atoms with Crippen molar-refractivity contribution in [1.29, 1.82) is 0 Å². The van der Waals surface area contributed by atoms with Gasteiger partial charge in [0.2, 0.25) is 5.91 Å². The molecule has 4 nitrogen and oxygen atoms in total. The molecule has 29 heavy (non-hydrogen) atoms. The molecule has 0 saturated heterocycles. The number of anilines is 1. The number of rotatable bonds is 6. The summed E-state index contributed by atoms with van der Waals surface area (Å²) in [5, 5.41) is 5.14. The van der Waals surface area contributed by atoms with Crippen LogP contribution in [0, 0.1) is 6.92 Å². The van der Waals surface area contributed by atoms with E-state index >= 15 is 0 Å². The molecule has 0 atom stereocenters. The van der Waals surface area contributed by atoms with Gasteiger partial charge >= 0.3 is 5.97 Å². The second-order valence-corrected chi connectivity index (χ2v) is 8.11. The Hall–Kier alpha value is -2.70. The summed E-state index contributed by atoms with van der Waals surface area (Å²) in [6.45, 7) is 4.03. The number of hydrogen-bond donors (Lipinski definition) is 1. The number of amides is 1. The quantitative estimate of drug-likeness (QED) is 0.339. The third-order valence-corrected chi connectivity index (χ3v) is 5.59. The molecule has 3 rings (SSSR count). The van der Waals surface area contributed by atoms with Gasteiger partial charge in [-0.2, -0.15) is 0 Å². The Kier molecular flexibility index (Phi) is 7.01. The summed E-state index contributed by atoms with van der Waals surface area (Å²) >= 11 is 4.72. The van der Waals surface area contributed by atoms with Gasteiger partial charge in [-0.15, -0.1) is 11.3 Å². The molecule has 0 aliphatic carbocycles. The van der Waals surface area contributed by atoms with Crippen LogP contribution in [-0.4, -0.2) is 18.5 Å². The fraction of sp³-hybridized carbons (Fsp3) is 0.130. The molecule has 2 aromatic carbocycles. The zero-order valence-corrected chi connectivity index (χ0v) is 18.5. The number of nitrogens with one attached hydrogen (secondary N) is 1. The topological polar surface area (TPSA) is 55.4 Å². The third kappa shape index (κ3) is 5.43. The van der Waals surface area contributed by atoms with Crippen molar-refractivity contribution in [2.75, 3.05) is 11.9 Å². The number of thiophene rings is 1. The van der Waals surface area contributed by atoms with Crippen LogP contribution < -0.4 is 5.32 Å². The number of esters is 1. The highest BCUT2D eigenvalue weighted by molar-refractivity contribution is 9.10. The van der Waals surface area contributed by atoms with Crippen molar-refractivity contribution in [3.8, 4) is 11.1 Å². The summed E-state index contributed by atoms with van der Waals surface area (Å²) in [4.78, 5) is 25.0. The Bertz CT molecular complexity index is 1040. The van der Waals surface area contributed by atoms with Gasteiger partial charge in [0.05, 0.1) is 6.61 Å². The van der Waals surface area contributed by atoms with Crippen molar-refractivity contribution in [3.05, 3.63) is 81.2 Å². The summed E-state index contributed by atoms with van der Waals surface area (Å²) < 4.78 is 6.17. The molecular formula is C23H20BrNO3S. The monoisotopic (exact) mass is 469 g/mol. The van der Waals surface area contributed by atoms with E-state index in [-0.39, 0.29) is 12.5 Å². The molecular weight excluding hydrogens is 450 g/mol. The van der Waals surface area contributed by atoms with Gasteiger partial charge in [0.15, 0.2) is 0 Å².